The first-order valence-corrected chi connectivity index (χ1v) is 15.9. The maximum Gasteiger partial charge on any atom is 0.249 e. The quantitative estimate of drug-likeness (QED) is 0.0579. The van der Waals surface area contributed by atoms with E-state index in [9.17, 15) is 25.2 Å². The molecule has 0 aromatic rings. The Bertz CT molecular complexity index is 634. The van der Waals surface area contributed by atoms with Crippen molar-refractivity contribution in [2.75, 3.05) is 6.61 Å². The van der Waals surface area contributed by atoms with E-state index in [1.807, 2.05) is 0 Å². The summed E-state index contributed by atoms with van der Waals surface area (Å²) in [5.41, 5.74) is 0. The normalized spacial score (nSPS) is 15.3. The van der Waals surface area contributed by atoms with Crippen molar-refractivity contribution in [1.29, 1.82) is 0 Å². The van der Waals surface area contributed by atoms with E-state index < -0.39 is 36.9 Å². The van der Waals surface area contributed by atoms with Gasteiger partial charge in [0.2, 0.25) is 5.91 Å². The fourth-order valence-corrected chi connectivity index (χ4v) is 4.40. The number of unbranched alkanes of at least 4 members (excludes halogenated alkanes) is 12. The first-order chi connectivity index (χ1) is 19.0. The van der Waals surface area contributed by atoms with Gasteiger partial charge in [-0.25, -0.2) is 0 Å². The van der Waals surface area contributed by atoms with Gasteiger partial charge in [0.15, 0.2) is 0 Å². The van der Waals surface area contributed by atoms with E-state index in [4.69, 9.17) is 0 Å². The van der Waals surface area contributed by atoms with Crippen LogP contribution in [0.15, 0.2) is 36.5 Å². The average molecular weight is 552 g/mol. The molecule has 0 aliphatic rings. The highest BCUT2D eigenvalue weighted by Gasteiger charge is 2.28. The van der Waals surface area contributed by atoms with Crippen LogP contribution in [0.2, 0.25) is 0 Å². The summed E-state index contributed by atoms with van der Waals surface area (Å²) in [5, 5.41) is 43.1. The summed E-state index contributed by atoms with van der Waals surface area (Å²) in [6.07, 6.45) is 28.8. The monoisotopic (exact) mass is 551 g/mol. The largest absolute Gasteiger partial charge is 0.394 e. The molecule has 1 amide bonds. The number of amides is 1. The molecule has 228 valence electrons. The standard InChI is InChI=1S/C33H61NO5/c1-3-5-7-9-11-13-15-17-19-21-23-25-27-31(37)33(39)34-29(28-35)32(38)30(36)26-24-22-20-18-16-14-12-10-8-6-4-2/h10,12,17-20,29-32,35-38H,3-9,11,13-16,21-28H2,1-2H3,(H,34,39)/b12-10+,19-17-,20-18+. The number of rotatable bonds is 27. The molecule has 0 radical (unpaired) electrons. The Labute approximate surface area is 239 Å². The molecule has 0 aliphatic carbocycles. The highest BCUT2D eigenvalue weighted by molar-refractivity contribution is 5.80. The van der Waals surface area contributed by atoms with Crippen LogP contribution in [0.3, 0.4) is 0 Å². The number of allylic oxidation sites excluding steroid dienone is 6. The van der Waals surface area contributed by atoms with Gasteiger partial charge in [-0.2, -0.15) is 0 Å². The summed E-state index contributed by atoms with van der Waals surface area (Å²) in [4.78, 5) is 12.3. The molecular formula is C33H61NO5. The molecule has 6 nitrogen and oxygen atoms in total. The van der Waals surface area contributed by atoms with Crippen LogP contribution >= 0.6 is 0 Å². The molecule has 0 fully saturated rings. The maximum absolute atomic E-state index is 12.3. The Morgan fingerprint density at radius 3 is 1.69 bits per heavy atom. The van der Waals surface area contributed by atoms with Gasteiger partial charge in [-0.3, -0.25) is 4.79 Å². The first-order valence-electron chi connectivity index (χ1n) is 15.9. The van der Waals surface area contributed by atoms with Gasteiger partial charge < -0.3 is 25.7 Å². The second-order valence-electron chi connectivity index (χ2n) is 10.8. The van der Waals surface area contributed by atoms with Crippen LogP contribution in [0.25, 0.3) is 0 Å². The molecule has 0 aliphatic heterocycles. The Kier molecular flexibility index (Phi) is 27.0. The fraction of sp³-hybridized carbons (Fsp3) is 0.788. The number of carbonyl (C=O) groups excluding carboxylic acids is 1. The molecule has 4 unspecified atom stereocenters. The topological polar surface area (TPSA) is 110 Å². The van der Waals surface area contributed by atoms with E-state index in [0.29, 0.717) is 25.7 Å². The van der Waals surface area contributed by atoms with Crippen molar-refractivity contribution in [3.63, 3.8) is 0 Å². The average Bonchev–Trinajstić information content (AvgIpc) is 2.94. The molecule has 0 spiro atoms. The molecule has 4 atom stereocenters. The second kappa shape index (κ2) is 28.1. The SMILES string of the molecule is CCCC/C=C/CC/C=C/CCCC(O)C(O)C(CO)NC(=O)C(O)CCCC/C=C\CCCCCCCC. The maximum atomic E-state index is 12.3. The Morgan fingerprint density at radius 2 is 1.10 bits per heavy atom. The summed E-state index contributed by atoms with van der Waals surface area (Å²) >= 11 is 0. The Balaban J connectivity index is 4.02. The minimum absolute atomic E-state index is 0.328. The van der Waals surface area contributed by atoms with Gasteiger partial charge in [0.05, 0.1) is 18.8 Å². The van der Waals surface area contributed by atoms with E-state index in [1.54, 1.807) is 0 Å². The Morgan fingerprint density at radius 1 is 0.615 bits per heavy atom. The lowest BCUT2D eigenvalue weighted by Crippen LogP contribution is -2.53. The predicted octanol–water partition coefficient (Wildman–Crippen LogP) is 6.67. The van der Waals surface area contributed by atoms with Crippen molar-refractivity contribution >= 4 is 5.91 Å². The number of hydrogen-bond donors (Lipinski definition) is 5. The number of hydrogen-bond acceptors (Lipinski definition) is 5. The van der Waals surface area contributed by atoms with Crippen molar-refractivity contribution in [2.24, 2.45) is 0 Å². The van der Waals surface area contributed by atoms with Crippen molar-refractivity contribution < 1.29 is 25.2 Å². The van der Waals surface area contributed by atoms with Crippen LogP contribution < -0.4 is 5.32 Å². The van der Waals surface area contributed by atoms with E-state index in [1.165, 1.54) is 51.4 Å². The summed E-state index contributed by atoms with van der Waals surface area (Å²) in [6, 6.07) is -1.01. The van der Waals surface area contributed by atoms with Crippen molar-refractivity contribution in [3.8, 4) is 0 Å². The molecule has 0 aromatic carbocycles. The molecule has 0 saturated carbocycles. The zero-order valence-electron chi connectivity index (χ0n) is 25.1. The third kappa shape index (κ3) is 23.0. The lowest BCUT2D eigenvalue weighted by atomic mass is 10.00. The lowest BCUT2D eigenvalue weighted by molar-refractivity contribution is -0.132. The molecule has 0 saturated heterocycles. The van der Waals surface area contributed by atoms with Crippen LogP contribution in [0.5, 0.6) is 0 Å². The number of nitrogens with one attached hydrogen (secondary N) is 1. The third-order valence-electron chi connectivity index (χ3n) is 7.05. The summed E-state index contributed by atoms with van der Waals surface area (Å²) in [7, 11) is 0. The minimum Gasteiger partial charge on any atom is -0.394 e. The molecule has 0 bridgehead atoms. The summed E-state index contributed by atoms with van der Waals surface area (Å²) in [6.45, 7) is 3.91. The van der Waals surface area contributed by atoms with Crippen molar-refractivity contribution in [2.45, 2.75) is 160 Å². The number of carbonyl (C=O) groups is 1. The zero-order valence-corrected chi connectivity index (χ0v) is 25.1. The Hall–Kier alpha value is -1.47. The van der Waals surface area contributed by atoms with Gasteiger partial charge in [0.25, 0.3) is 0 Å². The highest BCUT2D eigenvalue weighted by atomic mass is 16.3. The number of aliphatic hydroxyl groups is 4. The molecule has 0 heterocycles. The van der Waals surface area contributed by atoms with E-state index in [2.05, 4.69) is 55.6 Å². The summed E-state index contributed by atoms with van der Waals surface area (Å²) in [5.74, 6) is -0.620. The van der Waals surface area contributed by atoms with Gasteiger partial charge >= 0.3 is 0 Å². The lowest BCUT2D eigenvalue weighted by Gasteiger charge is -2.27. The van der Waals surface area contributed by atoms with E-state index in [-0.39, 0.29) is 0 Å². The van der Waals surface area contributed by atoms with Crippen LogP contribution in [-0.2, 0) is 4.79 Å². The van der Waals surface area contributed by atoms with Crippen molar-refractivity contribution in [3.05, 3.63) is 36.5 Å². The number of aliphatic hydroxyl groups excluding tert-OH is 4. The van der Waals surface area contributed by atoms with E-state index >= 15 is 0 Å². The highest BCUT2D eigenvalue weighted by Crippen LogP contribution is 2.12. The van der Waals surface area contributed by atoms with Crippen LogP contribution in [0, 0.1) is 0 Å². The second-order valence-corrected chi connectivity index (χ2v) is 10.8. The molecule has 5 N–H and O–H groups in total. The summed E-state index contributed by atoms with van der Waals surface area (Å²) < 4.78 is 0. The van der Waals surface area contributed by atoms with Crippen LogP contribution in [0.1, 0.15) is 136 Å². The molecular weight excluding hydrogens is 490 g/mol. The van der Waals surface area contributed by atoms with Gasteiger partial charge in [-0.05, 0) is 70.6 Å². The van der Waals surface area contributed by atoms with Crippen LogP contribution in [0.4, 0.5) is 0 Å². The van der Waals surface area contributed by atoms with Gasteiger partial charge in [0, 0.05) is 0 Å². The van der Waals surface area contributed by atoms with E-state index in [0.717, 1.165) is 44.9 Å². The molecule has 0 rings (SSSR count). The van der Waals surface area contributed by atoms with Gasteiger partial charge in [-0.15, -0.1) is 0 Å². The molecule has 0 aromatic heterocycles. The fourth-order valence-electron chi connectivity index (χ4n) is 4.40. The minimum atomic E-state index is -1.29. The zero-order chi connectivity index (χ0) is 29.0. The molecule has 6 heteroatoms. The van der Waals surface area contributed by atoms with Gasteiger partial charge in [-0.1, -0.05) is 102 Å². The van der Waals surface area contributed by atoms with Crippen molar-refractivity contribution in [1.82, 2.24) is 5.32 Å². The third-order valence-corrected chi connectivity index (χ3v) is 7.05. The predicted molar refractivity (Wildman–Crippen MR) is 164 cm³/mol. The van der Waals surface area contributed by atoms with Crippen LogP contribution in [-0.4, -0.2) is 57.3 Å². The first kappa shape index (κ1) is 37.5. The smallest absolute Gasteiger partial charge is 0.249 e. The van der Waals surface area contributed by atoms with Gasteiger partial charge in [0.1, 0.15) is 12.2 Å². The molecule has 39 heavy (non-hydrogen) atoms.